The van der Waals surface area contributed by atoms with E-state index in [1.54, 1.807) is 13.8 Å². The first-order chi connectivity index (χ1) is 10.8. The molecule has 0 fully saturated rings. The monoisotopic (exact) mass is 334 g/mol. The number of hydrogen-bond acceptors (Lipinski definition) is 5. The van der Waals surface area contributed by atoms with E-state index in [9.17, 15) is 22.8 Å². The molecule has 0 aliphatic carbocycles. The lowest BCUT2D eigenvalue weighted by molar-refractivity contribution is -0.274. The molecule has 1 aromatic carbocycles. The van der Waals surface area contributed by atoms with E-state index in [-0.39, 0.29) is 25.2 Å². The molecular weight excluding hydrogens is 317 g/mol. The SMILES string of the molecule is CCOC(=O)CC(C(=O)OCC)c1cccc(OC(F)(F)F)c1. The van der Waals surface area contributed by atoms with Gasteiger partial charge < -0.3 is 14.2 Å². The Hall–Kier alpha value is -2.25. The van der Waals surface area contributed by atoms with Gasteiger partial charge in [-0.25, -0.2) is 0 Å². The Balaban J connectivity index is 3.03. The molecule has 0 bridgehead atoms. The van der Waals surface area contributed by atoms with E-state index in [2.05, 4.69) is 4.74 Å². The zero-order valence-electron chi connectivity index (χ0n) is 12.7. The molecule has 0 spiro atoms. The van der Waals surface area contributed by atoms with Crippen LogP contribution in [0.3, 0.4) is 0 Å². The van der Waals surface area contributed by atoms with Crippen molar-refractivity contribution < 1.29 is 37.0 Å². The summed E-state index contributed by atoms with van der Waals surface area (Å²) in [6.07, 6.45) is -5.18. The molecule has 23 heavy (non-hydrogen) atoms. The summed E-state index contributed by atoms with van der Waals surface area (Å²) in [5.74, 6) is -2.91. The Labute approximate surface area is 131 Å². The summed E-state index contributed by atoms with van der Waals surface area (Å²) in [7, 11) is 0. The number of hydrogen-bond donors (Lipinski definition) is 0. The molecule has 0 saturated heterocycles. The maximum atomic E-state index is 12.3. The third-order valence-corrected chi connectivity index (χ3v) is 2.74. The number of carbonyl (C=O) groups excluding carboxylic acids is 2. The van der Waals surface area contributed by atoms with Crippen LogP contribution in [0.4, 0.5) is 13.2 Å². The van der Waals surface area contributed by atoms with E-state index in [1.807, 2.05) is 0 Å². The van der Waals surface area contributed by atoms with Gasteiger partial charge in [-0.15, -0.1) is 13.2 Å². The molecule has 0 aromatic heterocycles. The van der Waals surface area contributed by atoms with Crippen LogP contribution in [0.25, 0.3) is 0 Å². The van der Waals surface area contributed by atoms with Gasteiger partial charge in [0.25, 0.3) is 0 Å². The third kappa shape index (κ3) is 6.58. The lowest BCUT2D eigenvalue weighted by atomic mass is 9.95. The predicted octanol–water partition coefficient (Wildman–Crippen LogP) is 3.19. The van der Waals surface area contributed by atoms with Crippen LogP contribution in [0.5, 0.6) is 5.75 Å². The van der Waals surface area contributed by atoms with Gasteiger partial charge in [-0.2, -0.15) is 0 Å². The van der Waals surface area contributed by atoms with Gasteiger partial charge in [0.2, 0.25) is 0 Å². The van der Waals surface area contributed by atoms with Crippen LogP contribution in [0.15, 0.2) is 24.3 Å². The van der Waals surface area contributed by atoms with E-state index in [4.69, 9.17) is 9.47 Å². The molecule has 1 atom stereocenters. The second-order valence-electron chi connectivity index (χ2n) is 4.43. The van der Waals surface area contributed by atoms with Crippen LogP contribution in [0.2, 0.25) is 0 Å². The Kier molecular flexibility index (Phi) is 6.87. The van der Waals surface area contributed by atoms with E-state index < -0.39 is 30.0 Å². The van der Waals surface area contributed by atoms with Gasteiger partial charge in [0.05, 0.1) is 25.6 Å². The van der Waals surface area contributed by atoms with Crippen LogP contribution in [-0.2, 0) is 19.1 Å². The van der Waals surface area contributed by atoms with Crippen molar-refractivity contribution >= 4 is 11.9 Å². The first kappa shape index (κ1) is 18.8. The maximum Gasteiger partial charge on any atom is 0.573 e. The maximum absolute atomic E-state index is 12.3. The summed E-state index contributed by atoms with van der Waals surface area (Å²) in [5.41, 5.74) is 0.179. The van der Waals surface area contributed by atoms with Gasteiger partial charge in [0.15, 0.2) is 0 Å². The molecule has 0 heterocycles. The van der Waals surface area contributed by atoms with Gasteiger partial charge in [-0.05, 0) is 31.5 Å². The summed E-state index contributed by atoms with van der Waals surface area (Å²) in [5, 5.41) is 0. The largest absolute Gasteiger partial charge is 0.573 e. The normalized spacial score (nSPS) is 12.4. The average Bonchev–Trinajstić information content (AvgIpc) is 2.43. The van der Waals surface area contributed by atoms with Crippen molar-refractivity contribution in [1.82, 2.24) is 0 Å². The van der Waals surface area contributed by atoms with Gasteiger partial charge in [0.1, 0.15) is 5.75 Å². The summed E-state index contributed by atoms with van der Waals surface area (Å²) in [6.45, 7) is 3.40. The molecule has 0 N–H and O–H groups in total. The average molecular weight is 334 g/mol. The highest BCUT2D eigenvalue weighted by Crippen LogP contribution is 2.28. The topological polar surface area (TPSA) is 61.8 Å². The number of esters is 2. The summed E-state index contributed by atoms with van der Waals surface area (Å²) in [6, 6.07) is 4.87. The number of halogens is 3. The number of alkyl halides is 3. The first-order valence-corrected chi connectivity index (χ1v) is 6.94. The molecule has 0 amide bonds. The molecular formula is C15H17F3O5. The molecule has 0 aliphatic rings. The number of carbonyl (C=O) groups is 2. The van der Waals surface area contributed by atoms with Crippen LogP contribution in [0, 0.1) is 0 Å². The van der Waals surface area contributed by atoms with Crippen molar-refractivity contribution in [2.75, 3.05) is 13.2 Å². The van der Waals surface area contributed by atoms with Crippen molar-refractivity contribution in [3.63, 3.8) is 0 Å². The zero-order valence-corrected chi connectivity index (χ0v) is 12.7. The fraction of sp³-hybridized carbons (Fsp3) is 0.467. The van der Waals surface area contributed by atoms with E-state index >= 15 is 0 Å². The summed E-state index contributed by atoms with van der Waals surface area (Å²) in [4.78, 5) is 23.6. The third-order valence-electron chi connectivity index (χ3n) is 2.74. The second-order valence-corrected chi connectivity index (χ2v) is 4.43. The Morgan fingerprint density at radius 2 is 1.78 bits per heavy atom. The Morgan fingerprint density at radius 1 is 1.13 bits per heavy atom. The highest BCUT2D eigenvalue weighted by atomic mass is 19.4. The molecule has 8 heteroatoms. The fourth-order valence-electron chi connectivity index (χ4n) is 1.90. The van der Waals surface area contributed by atoms with E-state index in [1.165, 1.54) is 12.1 Å². The minimum Gasteiger partial charge on any atom is -0.466 e. The molecule has 1 rings (SSSR count). The lowest BCUT2D eigenvalue weighted by Gasteiger charge is -2.16. The van der Waals surface area contributed by atoms with Gasteiger partial charge in [-0.3, -0.25) is 9.59 Å². The summed E-state index contributed by atoms with van der Waals surface area (Å²) >= 11 is 0. The highest BCUT2D eigenvalue weighted by molar-refractivity contribution is 5.84. The molecule has 0 aliphatic heterocycles. The smallest absolute Gasteiger partial charge is 0.466 e. The van der Waals surface area contributed by atoms with Crippen molar-refractivity contribution in [2.45, 2.75) is 32.5 Å². The van der Waals surface area contributed by atoms with Gasteiger partial charge in [0, 0.05) is 0 Å². The quantitative estimate of drug-likeness (QED) is 0.717. The van der Waals surface area contributed by atoms with Crippen LogP contribution in [-0.4, -0.2) is 31.5 Å². The molecule has 128 valence electrons. The first-order valence-electron chi connectivity index (χ1n) is 6.94. The Bertz CT molecular complexity index is 542. The predicted molar refractivity (Wildman–Crippen MR) is 73.7 cm³/mol. The number of ether oxygens (including phenoxy) is 3. The van der Waals surface area contributed by atoms with Crippen molar-refractivity contribution in [3.05, 3.63) is 29.8 Å². The minimum atomic E-state index is -4.85. The highest BCUT2D eigenvalue weighted by Gasteiger charge is 2.32. The van der Waals surface area contributed by atoms with Gasteiger partial charge >= 0.3 is 18.3 Å². The molecule has 5 nitrogen and oxygen atoms in total. The molecule has 1 aromatic rings. The minimum absolute atomic E-state index is 0.0803. The number of benzene rings is 1. The second kappa shape index (κ2) is 8.40. The summed E-state index contributed by atoms with van der Waals surface area (Å²) < 4.78 is 50.3. The molecule has 0 radical (unpaired) electrons. The van der Waals surface area contributed by atoms with Crippen LogP contribution in [0.1, 0.15) is 31.7 Å². The standard InChI is InChI=1S/C15H17F3O5/c1-3-21-13(19)9-12(14(20)22-4-2)10-6-5-7-11(8-10)23-15(16,17)18/h5-8,12H,3-4,9H2,1-2H3. The van der Waals surface area contributed by atoms with E-state index in [0.29, 0.717) is 0 Å². The van der Waals surface area contributed by atoms with Crippen LogP contribution >= 0.6 is 0 Å². The van der Waals surface area contributed by atoms with Crippen LogP contribution < -0.4 is 4.74 Å². The Morgan fingerprint density at radius 3 is 2.35 bits per heavy atom. The molecule has 1 unspecified atom stereocenters. The molecule has 0 saturated carbocycles. The van der Waals surface area contributed by atoms with Crippen molar-refractivity contribution in [2.24, 2.45) is 0 Å². The lowest BCUT2D eigenvalue weighted by Crippen LogP contribution is -2.21. The van der Waals surface area contributed by atoms with Crippen molar-refractivity contribution in [1.29, 1.82) is 0 Å². The van der Waals surface area contributed by atoms with Gasteiger partial charge in [-0.1, -0.05) is 12.1 Å². The van der Waals surface area contributed by atoms with E-state index in [0.717, 1.165) is 12.1 Å². The van der Waals surface area contributed by atoms with Crippen molar-refractivity contribution in [3.8, 4) is 5.75 Å². The number of rotatable bonds is 7. The fourth-order valence-corrected chi connectivity index (χ4v) is 1.90. The zero-order chi connectivity index (χ0) is 17.5.